The van der Waals surface area contributed by atoms with Crippen molar-refractivity contribution in [3.8, 4) is 5.75 Å². The number of ether oxygens (including phenoxy) is 1. The van der Waals surface area contributed by atoms with E-state index in [-0.39, 0.29) is 5.75 Å². The minimum absolute atomic E-state index is 0.284. The van der Waals surface area contributed by atoms with Gasteiger partial charge in [-0.2, -0.15) is 0 Å². The van der Waals surface area contributed by atoms with Gasteiger partial charge in [-0.1, -0.05) is 0 Å². The fraction of sp³-hybridized carbons (Fsp3) is 0.300. The Kier molecular flexibility index (Phi) is 1.52. The summed E-state index contributed by atoms with van der Waals surface area (Å²) in [5.41, 5.74) is 1.91. The Labute approximate surface area is 80.7 Å². The maximum Gasteiger partial charge on any atom is 0.136 e. The summed E-state index contributed by atoms with van der Waals surface area (Å²) in [6.45, 7) is 2.10. The molecule has 2 heterocycles. The minimum Gasteiger partial charge on any atom is -0.508 e. The molecule has 1 aliphatic heterocycles. The van der Waals surface area contributed by atoms with Gasteiger partial charge in [0.1, 0.15) is 18.2 Å². The fourth-order valence-corrected chi connectivity index (χ4v) is 1.84. The third kappa shape index (κ3) is 1.01. The minimum atomic E-state index is 0.284. The highest BCUT2D eigenvalue weighted by atomic mass is 16.5. The monoisotopic (exact) mass is 190 g/mol. The Bertz CT molecular complexity index is 490. The number of rotatable bonds is 0. The lowest BCUT2D eigenvalue weighted by molar-refractivity contribution is 0.0830. The molecule has 0 amide bonds. The maximum absolute atomic E-state index is 9.38. The smallest absolute Gasteiger partial charge is 0.136 e. The van der Waals surface area contributed by atoms with Gasteiger partial charge in [0.2, 0.25) is 0 Å². The Hall–Kier alpha value is -1.55. The molecule has 3 rings (SSSR count). The van der Waals surface area contributed by atoms with Crippen molar-refractivity contribution in [1.82, 2.24) is 9.55 Å². The number of aromatic hydroxyl groups is 1. The molecular formula is C10H10N2O2. The predicted molar refractivity (Wildman–Crippen MR) is 51.1 cm³/mol. The van der Waals surface area contributed by atoms with Gasteiger partial charge in [0, 0.05) is 12.6 Å². The molecule has 0 saturated carbocycles. The third-order valence-corrected chi connectivity index (χ3v) is 2.50. The Morgan fingerprint density at radius 1 is 1.43 bits per heavy atom. The number of phenols is 1. The zero-order chi connectivity index (χ0) is 9.54. The number of fused-ring (bicyclic) bond motifs is 3. The van der Waals surface area contributed by atoms with Gasteiger partial charge in [-0.15, -0.1) is 0 Å². The van der Waals surface area contributed by atoms with Gasteiger partial charge in [0.05, 0.1) is 17.6 Å². The molecule has 72 valence electrons. The standard InChI is InChI=1S/C10H10N2O2/c13-7-1-2-8-9(5-7)12-3-4-14-6-10(12)11-8/h1-2,5,13H,3-4,6H2. The molecular weight excluding hydrogens is 180 g/mol. The number of nitrogens with zero attached hydrogens (tertiary/aromatic N) is 2. The van der Waals surface area contributed by atoms with E-state index in [1.807, 2.05) is 6.07 Å². The van der Waals surface area contributed by atoms with Crippen LogP contribution in [0.15, 0.2) is 18.2 Å². The number of phenolic OH excluding ortho intramolecular Hbond substituents is 1. The van der Waals surface area contributed by atoms with Crippen LogP contribution in [0.2, 0.25) is 0 Å². The molecule has 4 heteroatoms. The second-order valence-electron chi connectivity index (χ2n) is 3.41. The van der Waals surface area contributed by atoms with Gasteiger partial charge in [0.15, 0.2) is 0 Å². The van der Waals surface area contributed by atoms with Crippen molar-refractivity contribution in [2.45, 2.75) is 13.2 Å². The van der Waals surface area contributed by atoms with Crippen LogP contribution in [0.5, 0.6) is 5.75 Å². The lowest BCUT2D eigenvalue weighted by atomic mass is 10.3. The Morgan fingerprint density at radius 2 is 2.36 bits per heavy atom. The van der Waals surface area contributed by atoms with Gasteiger partial charge in [-0.05, 0) is 12.1 Å². The van der Waals surface area contributed by atoms with E-state index in [4.69, 9.17) is 4.74 Å². The first-order valence-corrected chi connectivity index (χ1v) is 4.60. The van der Waals surface area contributed by atoms with Crippen LogP contribution in [0.3, 0.4) is 0 Å². The van der Waals surface area contributed by atoms with Crippen LogP contribution in [-0.2, 0) is 17.9 Å². The molecule has 0 unspecified atom stereocenters. The van der Waals surface area contributed by atoms with Crippen molar-refractivity contribution in [1.29, 1.82) is 0 Å². The fourth-order valence-electron chi connectivity index (χ4n) is 1.84. The largest absolute Gasteiger partial charge is 0.508 e. The van der Waals surface area contributed by atoms with Gasteiger partial charge in [-0.3, -0.25) is 0 Å². The van der Waals surface area contributed by atoms with E-state index in [0.717, 1.165) is 23.4 Å². The van der Waals surface area contributed by atoms with E-state index in [2.05, 4.69) is 9.55 Å². The van der Waals surface area contributed by atoms with Gasteiger partial charge in [-0.25, -0.2) is 4.98 Å². The number of imidazole rings is 1. The van der Waals surface area contributed by atoms with Crippen LogP contribution in [0.4, 0.5) is 0 Å². The van der Waals surface area contributed by atoms with Crippen LogP contribution in [0.1, 0.15) is 5.82 Å². The van der Waals surface area contributed by atoms with E-state index in [0.29, 0.717) is 13.2 Å². The summed E-state index contributed by atoms with van der Waals surface area (Å²) in [5, 5.41) is 9.38. The average Bonchev–Trinajstić information content (AvgIpc) is 2.56. The second-order valence-corrected chi connectivity index (χ2v) is 3.41. The molecule has 1 aromatic heterocycles. The van der Waals surface area contributed by atoms with Crippen LogP contribution < -0.4 is 0 Å². The second kappa shape index (κ2) is 2.72. The highest BCUT2D eigenvalue weighted by Crippen LogP contribution is 2.23. The molecule has 14 heavy (non-hydrogen) atoms. The summed E-state index contributed by atoms with van der Waals surface area (Å²) < 4.78 is 7.41. The molecule has 1 aromatic carbocycles. The normalized spacial score (nSPS) is 15.7. The summed E-state index contributed by atoms with van der Waals surface area (Å²) >= 11 is 0. The summed E-state index contributed by atoms with van der Waals surface area (Å²) in [7, 11) is 0. The molecule has 0 radical (unpaired) electrons. The molecule has 0 spiro atoms. The zero-order valence-corrected chi connectivity index (χ0v) is 7.60. The van der Waals surface area contributed by atoms with E-state index >= 15 is 0 Å². The molecule has 0 atom stereocenters. The van der Waals surface area contributed by atoms with Crippen LogP contribution in [0, 0.1) is 0 Å². The molecule has 0 saturated heterocycles. The number of hydrogen-bond acceptors (Lipinski definition) is 3. The number of aromatic nitrogens is 2. The molecule has 1 N–H and O–H groups in total. The average molecular weight is 190 g/mol. The van der Waals surface area contributed by atoms with Crippen molar-refractivity contribution in [3.05, 3.63) is 24.0 Å². The highest BCUT2D eigenvalue weighted by Gasteiger charge is 2.14. The molecule has 4 nitrogen and oxygen atoms in total. The Balaban J connectivity index is 2.32. The summed E-state index contributed by atoms with van der Waals surface area (Å²) in [4.78, 5) is 4.42. The Morgan fingerprint density at radius 3 is 3.29 bits per heavy atom. The highest BCUT2D eigenvalue weighted by molar-refractivity contribution is 5.77. The van der Waals surface area contributed by atoms with E-state index in [1.54, 1.807) is 12.1 Å². The summed E-state index contributed by atoms with van der Waals surface area (Å²) in [6.07, 6.45) is 0. The first-order valence-electron chi connectivity index (χ1n) is 4.60. The van der Waals surface area contributed by atoms with Crippen molar-refractivity contribution in [2.24, 2.45) is 0 Å². The summed E-state index contributed by atoms with van der Waals surface area (Å²) in [5.74, 6) is 1.23. The molecule has 0 fully saturated rings. The van der Waals surface area contributed by atoms with Gasteiger partial charge >= 0.3 is 0 Å². The molecule has 0 bridgehead atoms. The third-order valence-electron chi connectivity index (χ3n) is 2.50. The first kappa shape index (κ1) is 7.82. The predicted octanol–water partition coefficient (Wildman–Crippen LogP) is 1.27. The lowest BCUT2D eigenvalue weighted by Gasteiger charge is -2.14. The van der Waals surface area contributed by atoms with Crippen LogP contribution >= 0.6 is 0 Å². The molecule has 0 aliphatic carbocycles. The maximum atomic E-state index is 9.38. The van der Waals surface area contributed by atoms with Crippen LogP contribution in [0.25, 0.3) is 11.0 Å². The van der Waals surface area contributed by atoms with Gasteiger partial charge in [0.25, 0.3) is 0 Å². The van der Waals surface area contributed by atoms with Crippen molar-refractivity contribution in [2.75, 3.05) is 6.61 Å². The molecule has 1 aliphatic rings. The quantitative estimate of drug-likeness (QED) is 0.680. The first-order chi connectivity index (χ1) is 6.84. The van der Waals surface area contributed by atoms with E-state index in [1.165, 1.54) is 0 Å². The number of benzene rings is 1. The molecule has 2 aromatic rings. The SMILES string of the molecule is Oc1ccc2nc3n(c2c1)CCOC3. The zero-order valence-electron chi connectivity index (χ0n) is 7.60. The van der Waals surface area contributed by atoms with Crippen molar-refractivity contribution in [3.63, 3.8) is 0 Å². The number of hydrogen-bond donors (Lipinski definition) is 1. The lowest BCUT2D eigenvalue weighted by Crippen LogP contribution is -2.16. The van der Waals surface area contributed by atoms with E-state index < -0.39 is 0 Å². The van der Waals surface area contributed by atoms with Gasteiger partial charge < -0.3 is 14.4 Å². The van der Waals surface area contributed by atoms with E-state index in [9.17, 15) is 5.11 Å². The summed E-state index contributed by atoms with van der Waals surface area (Å²) in [6, 6.07) is 5.23. The van der Waals surface area contributed by atoms with Crippen LogP contribution in [-0.4, -0.2) is 21.3 Å². The topological polar surface area (TPSA) is 47.3 Å². The van der Waals surface area contributed by atoms with Crippen molar-refractivity contribution < 1.29 is 9.84 Å². The van der Waals surface area contributed by atoms with Crippen molar-refractivity contribution >= 4 is 11.0 Å².